The first-order valence-corrected chi connectivity index (χ1v) is 7.66. The molecule has 1 aromatic carbocycles. The van der Waals surface area contributed by atoms with Crippen molar-refractivity contribution < 1.29 is 19.0 Å². The lowest BCUT2D eigenvalue weighted by Crippen LogP contribution is -2.13. The summed E-state index contributed by atoms with van der Waals surface area (Å²) in [6.07, 6.45) is 0. The number of benzene rings is 1. The number of anilines is 1. The van der Waals surface area contributed by atoms with Gasteiger partial charge in [0.15, 0.2) is 16.6 Å². The minimum Gasteiger partial charge on any atom is -0.496 e. The molecule has 0 aliphatic carbocycles. The van der Waals surface area contributed by atoms with E-state index in [4.69, 9.17) is 25.8 Å². The molecule has 8 heteroatoms. The second-order valence-corrected chi connectivity index (χ2v) is 5.26. The molecule has 2 rings (SSSR count). The van der Waals surface area contributed by atoms with Gasteiger partial charge in [0.1, 0.15) is 5.75 Å². The van der Waals surface area contributed by atoms with Crippen LogP contribution in [0.15, 0.2) is 17.5 Å². The van der Waals surface area contributed by atoms with Crippen LogP contribution in [0.3, 0.4) is 0 Å². The molecule has 0 unspecified atom stereocenters. The first kappa shape index (κ1) is 16.4. The minimum absolute atomic E-state index is 0.298. The van der Waals surface area contributed by atoms with Crippen LogP contribution < -0.4 is 19.5 Å². The van der Waals surface area contributed by atoms with Crippen molar-refractivity contribution in [2.75, 3.05) is 26.6 Å². The minimum atomic E-state index is -0.353. The number of hydrogen-bond donors (Lipinski definition) is 1. The zero-order chi connectivity index (χ0) is 16.1. The van der Waals surface area contributed by atoms with Gasteiger partial charge in [-0.3, -0.25) is 10.1 Å². The Morgan fingerprint density at radius 3 is 2.36 bits per heavy atom. The van der Waals surface area contributed by atoms with E-state index in [1.165, 1.54) is 32.7 Å². The standard InChI is InChI=1S/C14H15ClN2O4S/c1-19-10-5-12(21-3)11(20-2)4-9(10)13(18)17-14-16-8(6-15)7-22-14/h4-5,7H,6H2,1-3H3,(H,16,17,18). The lowest BCUT2D eigenvalue weighted by Gasteiger charge is -2.13. The number of amides is 1. The molecule has 22 heavy (non-hydrogen) atoms. The highest BCUT2D eigenvalue weighted by Crippen LogP contribution is 2.35. The molecule has 1 amide bonds. The van der Waals surface area contributed by atoms with E-state index in [0.29, 0.717) is 39.5 Å². The van der Waals surface area contributed by atoms with Crippen molar-refractivity contribution in [3.05, 3.63) is 28.8 Å². The van der Waals surface area contributed by atoms with Gasteiger partial charge in [0, 0.05) is 17.5 Å². The molecule has 6 nitrogen and oxygen atoms in total. The highest BCUT2D eigenvalue weighted by molar-refractivity contribution is 7.14. The molecule has 1 N–H and O–H groups in total. The number of carbonyl (C=O) groups excluding carboxylic acids is 1. The predicted molar refractivity (Wildman–Crippen MR) is 85.7 cm³/mol. The number of ether oxygens (including phenoxy) is 3. The van der Waals surface area contributed by atoms with Crippen LogP contribution in [0.4, 0.5) is 5.13 Å². The van der Waals surface area contributed by atoms with Gasteiger partial charge in [0.2, 0.25) is 0 Å². The molecular formula is C14H15ClN2O4S. The number of aromatic nitrogens is 1. The maximum absolute atomic E-state index is 12.4. The number of alkyl halides is 1. The molecular weight excluding hydrogens is 328 g/mol. The normalized spacial score (nSPS) is 10.2. The summed E-state index contributed by atoms with van der Waals surface area (Å²) in [6, 6.07) is 3.16. The topological polar surface area (TPSA) is 69.7 Å². The molecule has 0 aliphatic rings. The Morgan fingerprint density at radius 2 is 1.82 bits per heavy atom. The molecule has 0 saturated heterocycles. The van der Waals surface area contributed by atoms with Crippen LogP contribution in [-0.4, -0.2) is 32.2 Å². The number of nitrogens with one attached hydrogen (secondary N) is 1. The monoisotopic (exact) mass is 342 g/mol. The Labute approximate surface area is 137 Å². The third kappa shape index (κ3) is 3.42. The van der Waals surface area contributed by atoms with Crippen LogP contribution in [0.5, 0.6) is 17.2 Å². The molecule has 0 saturated carbocycles. The molecule has 0 spiro atoms. The quantitative estimate of drug-likeness (QED) is 0.816. The maximum atomic E-state index is 12.4. The Balaban J connectivity index is 2.31. The Morgan fingerprint density at radius 1 is 1.18 bits per heavy atom. The lowest BCUT2D eigenvalue weighted by molar-refractivity contribution is 0.102. The Hall–Kier alpha value is -1.99. The zero-order valence-corrected chi connectivity index (χ0v) is 13.9. The number of halogens is 1. The van der Waals surface area contributed by atoms with Crippen molar-refractivity contribution in [3.63, 3.8) is 0 Å². The first-order valence-electron chi connectivity index (χ1n) is 6.24. The van der Waals surface area contributed by atoms with Gasteiger partial charge in [-0.15, -0.1) is 22.9 Å². The highest BCUT2D eigenvalue weighted by atomic mass is 35.5. The number of nitrogens with zero attached hydrogens (tertiary/aromatic N) is 1. The molecule has 0 bridgehead atoms. The Bertz CT molecular complexity index is 675. The van der Waals surface area contributed by atoms with Crippen LogP contribution in [0.2, 0.25) is 0 Å². The molecule has 0 atom stereocenters. The molecule has 0 fully saturated rings. The van der Waals surface area contributed by atoms with Gasteiger partial charge in [0.25, 0.3) is 5.91 Å². The molecule has 2 aromatic rings. The van der Waals surface area contributed by atoms with Crippen LogP contribution >= 0.6 is 22.9 Å². The van der Waals surface area contributed by atoms with Crippen molar-refractivity contribution in [2.24, 2.45) is 0 Å². The first-order chi connectivity index (χ1) is 10.6. The fraction of sp³-hybridized carbons (Fsp3) is 0.286. The molecule has 1 aromatic heterocycles. The van der Waals surface area contributed by atoms with Gasteiger partial charge in [-0.1, -0.05) is 0 Å². The van der Waals surface area contributed by atoms with E-state index in [1.807, 2.05) is 0 Å². The van der Waals surface area contributed by atoms with E-state index >= 15 is 0 Å². The van der Waals surface area contributed by atoms with Gasteiger partial charge in [0.05, 0.1) is 38.5 Å². The summed E-state index contributed by atoms with van der Waals surface area (Å²) in [6.45, 7) is 0. The summed E-state index contributed by atoms with van der Waals surface area (Å²) in [5, 5.41) is 4.97. The summed E-state index contributed by atoms with van der Waals surface area (Å²) in [5.41, 5.74) is 1.03. The van der Waals surface area contributed by atoms with Crippen LogP contribution in [0.25, 0.3) is 0 Å². The number of hydrogen-bond acceptors (Lipinski definition) is 6. The second kappa shape index (κ2) is 7.33. The fourth-order valence-electron chi connectivity index (χ4n) is 1.80. The van der Waals surface area contributed by atoms with Gasteiger partial charge in [-0.25, -0.2) is 4.98 Å². The average Bonchev–Trinajstić information content (AvgIpc) is 3.00. The number of thiazole rings is 1. The van der Waals surface area contributed by atoms with Crippen molar-refractivity contribution in [1.29, 1.82) is 0 Å². The molecule has 0 aliphatic heterocycles. The van der Waals surface area contributed by atoms with Crippen LogP contribution in [0.1, 0.15) is 16.1 Å². The SMILES string of the molecule is COc1cc(OC)c(C(=O)Nc2nc(CCl)cs2)cc1OC. The van der Waals surface area contributed by atoms with Gasteiger partial charge >= 0.3 is 0 Å². The Kier molecular flexibility index (Phi) is 5.46. The van der Waals surface area contributed by atoms with E-state index in [9.17, 15) is 4.79 Å². The van der Waals surface area contributed by atoms with Crippen LogP contribution in [-0.2, 0) is 5.88 Å². The maximum Gasteiger partial charge on any atom is 0.261 e. The summed E-state index contributed by atoms with van der Waals surface area (Å²) >= 11 is 7.00. The summed E-state index contributed by atoms with van der Waals surface area (Å²) in [4.78, 5) is 16.6. The second-order valence-electron chi connectivity index (χ2n) is 4.14. The van der Waals surface area contributed by atoms with E-state index in [1.54, 1.807) is 17.5 Å². The number of rotatable bonds is 6. The smallest absolute Gasteiger partial charge is 0.261 e. The number of methoxy groups -OCH3 is 3. The summed E-state index contributed by atoms with van der Waals surface area (Å²) < 4.78 is 15.6. The van der Waals surface area contributed by atoms with Crippen molar-refractivity contribution >= 4 is 34.0 Å². The zero-order valence-electron chi connectivity index (χ0n) is 12.3. The molecule has 118 valence electrons. The lowest BCUT2D eigenvalue weighted by atomic mass is 10.1. The van der Waals surface area contributed by atoms with Crippen LogP contribution in [0, 0.1) is 0 Å². The third-order valence-electron chi connectivity index (χ3n) is 2.86. The van der Waals surface area contributed by atoms with E-state index < -0.39 is 0 Å². The summed E-state index contributed by atoms with van der Waals surface area (Å²) in [5.74, 6) is 1.24. The molecule has 0 radical (unpaired) electrons. The van der Waals surface area contributed by atoms with Crippen molar-refractivity contribution in [2.45, 2.75) is 5.88 Å². The van der Waals surface area contributed by atoms with Crippen molar-refractivity contribution in [3.8, 4) is 17.2 Å². The van der Waals surface area contributed by atoms with E-state index in [2.05, 4.69) is 10.3 Å². The van der Waals surface area contributed by atoms with Gasteiger partial charge in [-0.2, -0.15) is 0 Å². The third-order valence-corrected chi connectivity index (χ3v) is 3.94. The average molecular weight is 343 g/mol. The fourth-order valence-corrected chi connectivity index (χ4v) is 2.73. The largest absolute Gasteiger partial charge is 0.496 e. The van der Waals surface area contributed by atoms with Crippen molar-refractivity contribution in [1.82, 2.24) is 4.98 Å². The van der Waals surface area contributed by atoms with Gasteiger partial charge in [-0.05, 0) is 0 Å². The number of carbonyl (C=O) groups is 1. The predicted octanol–water partition coefficient (Wildman–Crippen LogP) is 3.16. The highest BCUT2D eigenvalue weighted by Gasteiger charge is 2.18. The van der Waals surface area contributed by atoms with E-state index in [-0.39, 0.29) is 5.91 Å². The van der Waals surface area contributed by atoms with E-state index in [0.717, 1.165) is 0 Å². The van der Waals surface area contributed by atoms with Gasteiger partial charge < -0.3 is 14.2 Å². The summed E-state index contributed by atoms with van der Waals surface area (Å²) in [7, 11) is 4.49. The molecule has 1 heterocycles.